The van der Waals surface area contributed by atoms with Gasteiger partial charge in [0.25, 0.3) is 0 Å². The summed E-state index contributed by atoms with van der Waals surface area (Å²) in [7, 11) is -2.33. The largest absolute Gasteiger partial charge is 0.497 e. The number of carbonyl (C=O) groups excluding carboxylic acids is 1. The normalized spacial score (nSPS) is 13.2. The number of esters is 1. The van der Waals surface area contributed by atoms with E-state index in [-0.39, 0.29) is 4.90 Å². The second-order valence-corrected chi connectivity index (χ2v) is 8.44. The van der Waals surface area contributed by atoms with Crippen molar-refractivity contribution in [2.75, 3.05) is 12.9 Å². The van der Waals surface area contributed by atoms with E-state index in [0.717, 1.165) is 0 Å². The van der Waals surface area contributed by atoms with E-state index in [0.29, 0.717) is 5.75 Å². The SMILES string of the molecule is C=C(F)C[C@H](CS(=O)(=O)c1ccc(OC)cc1)C(=O)OC(C)(C)C. The summed E-state index contributed by atoms with van der Waals surface area (Å²) in [4.78, 5) is 12.2. The van der Waals surface area contributed by atoms with Crippen molar-refractivity contribution < 1.29 is 27.1 Å². The number of methoxy groups -OCH3 is 1. The van der Waals surface area contributed by atoms with Crippen LogP contribution in [-0.4, -0.2) is 32.9 Å². The van der Waals surface area contributed by atoms with Gasteiger partial charge in [0.15, 0.2) is 9.84 Å². The zero-order chi connectivity index (χ0) is 18.5. The summed E-state index contributed by atoms with van der Waals surface area (Å²) in [5.74, 6) is -2.74. The van der Waals surface area contributed by atoms with Gasteiger partial charge in [-0.15, -0.1) is 0 Å². The molecule has 0 amide bonds. The van der Waals surface area contributed by atoms with Crippen LogP contribution in [0.4, 0.5) is 4.39 Å². The molecule has 1 aromatic rings. The predicted octanol–water partition coefficient (Wildman–Crippen LogP) is 3.30. The number of allylic oxidation sites excluding steroid dienone is 1. The number of carbonyl (C=O) groups is 1. The summed E-state index contributed by atoms with van der Waals surface area (Å²) in [5.41, 5.74) is -0.795. The van der Waals surface area contributed by atoms with E-state index < -0.39 is 45.3 Å². The summed E-state index contributed by atoms with van der Waals surface area (Å²) >= 11 is 0. The summed E-state index contributed by atoms with van der Waals surface area (Å²) in [5, 5.41) is 0. The summed E-state index contributed by atoms with van der Waals surface area (Å²) in [6, 6.07) is 5.77. The molecular weight excluding hydrogens is 335 g/mol. The first-order chi connectivity index (χ1) is 10.9. The molecular formula is C17H23FO5S. The molecule has 1 atom stereocenters. The third-order valence-electron chi connectivity index (χ3n) is 3.05. The molecule has 0 aliphatic heterocycles. The van der Waals surface area contributed by atoms with Gasteiger partial charge in [-0.2, -0.15) is 0 Å². The molecule has 0 fully saturated rings. The Hall–Kier alpha value is -1.89. The minimum atomic E-state index is -3.79. The van der Waals surface area contributed by atoms with E-state index in [1.807, 2.05) is 0 Å². The average molecular weight is 358 g/mol. The van der Waals surface area contributed by atoms with Gasteiger partial charge in [0, 0.05) is 6.42 Å². The molecule has 24 heavy (non-hydrogen) atoms. The van der Waals surface area contributed by atoms with Crippen molar-refractivity contribution in [3.63, 3.8) is 0 Å². The van der Waals surface area contributed by atoms with Crippen LogP contribution in [0, 0.1) is 5.92 Å². The fraction of sp³-hybridized carbons (Fsp3) is 0.471. The molecule has 0 bridgehead atoms. The Labute approximate surface area is 142 Å². The van der Waals surface area contributed by atoms with Crippen molar-refractivity contribution in [3.05, 3.63) is 36.7 Å². The Morgan fingerprint density at radius 2 is 1.79 bits per heavy atom. The Kier molecular flexibility index (Phi) is 6.54. The predicted molar refractivity (Wildman–Crippen MR) is 89.2 cm³/mol. The summed E-state index contributed by atoms with van der Waals surface area (Å²) in [6.07, 6.45) is -0.399. The minimum absolute atomic E-state index is 0.0290. The fourth-order valence-corrected chi connectivity index (χ4v) is 3.53. The molecule has 1 rings (SSSR count). The number of hydrogen-bond donors (Lipinski definition) is 0. The lowest BCUT2D eigenvalue weighted by atomic mass is 10.1. The molecule has 0 unspecified atom stereocenters. The van der Waals surface area contributed by atoms with E-state index in [1.165, 1.54) is 31.4 Å². The molecule has 0 N–H and O–H groups in total. The lowest BCUT2D eigenvalue weighted by molar-refractivity contribution is -0.159. The maximum Gasteiger partial charge on any atom is 0.310 e. The van der Waals surface area contributed by atoms with Crippen LogP contribution >= 0.6 is 0 Å². The zero-order valence-electron chi connectivity index (χ0n) is 14.3. The number of ether oxygens (including phenoxy) is 2. The standard InChI is InChI=1S/C17H23FO5S/c1-12(18)10-13(16(19)23-17(2,3)4)11-24(20,21)15-8-6-14(22-5)7-9-15/h6-9,13H,1,10-11H2,2-5H3/t13-/m1/s1. The second-order valence-electron chi connectivity index (χ2n) is 6.41. The number of benzene rings is 1. The first-order valence-electron chi connectivity index (χ1n) is 7.37. The topological polar surface area (TPSA) is 69.7 Å². The highest BCUT2D eigenvalue weighted by molar-refractivity contribution is 7.91. The number of sulfone groups is 1. The van der Waals surface area contributed by atoms with Gasteiger partial charge in [0.2, 0.25) is 0 Å². The quantitative estimate of drug-likeness (QED) is 0.700. The lowest BCUT2D eigenvalue weighted by Crippen LogP contribution is -2.32. The molecule has 134 valence electrons. The second kappa shape index (κ2) is 7.79. The molecule has 0 aromatic heterocycles. The molecule has 7 heteroatoms. The molecule has 0 saturated carbocycles. The molecule has 1 aromatic carbocycles. The Bertz CT molecular complexity index is 687. The van der Waals surface area contributed by atoms with Crippen LogP contribution in [0.3, 0.4) is 0 Å². The Balaban J connectivity index is 3.02. The van der Waals surface area contributed by atoms with Gasteiger partial charge in [-0.25, -0.2) is 12.8 Å². The molecule has 0 radical (unpaired) electrons. The maximum atomic E-state index is 13.2. The van der Waals surface area contributed by atoms with Gasteiger partial charge in [-0.1, -0.05) is 6.58 Å². The van der Waals surface area contributed by atoms with E-state index in [1.54, 1.807) is 20.8 Å². The van der Waals surface area contributed by atoms with Crippen LogP contribution in [0.15, 0.2) is 41.6 Å². The number of halogens is 1. The van der Waals surface area contributed by atoms with Gasteiger partial charge in [-0.05, 0) is 45.0 Å². The van der Waals surface area contributed by atoms with Crippen LogP contribution in [-0.2, 0) is 19.4 Å². The molecule has 5 nitrogen and oxygen atoms in total. The van der Waals surface area contributed by atoms with E-state index >= 15 is 0 Å². The summed E-state index contributed by atoms with van der Waals surface area (Å²) < 4.78 is 48.4. The summed E-state index contributed by atoms with van der Waals surface area (Å²) in [6.45, 7) is 8.08. The van der Waals surface area contributed by atoms with Crippen LogP contribution < -0.4 is 4.74 Å². The van der Waals surface area contributed by atoms with Gasteiger partial charge in [0.05, 0.1) is 29.5 Å². The zero-order valence-corrected chi connectivity index (χ0v) is 15.2. The first kappa shape index (κ1) is 20.2. The lowest BCUT2D eigenvalue weighted by Gasteiger charge is -2.23. The molecule has 0 saturated heterocycles. The Morgan fingerprint density at radius 3 is 2.21 bits per heavy atom. The molecule has 0 spiro atoms. The fourth-order valence-electron chi connectivity index (χ4n) is 2.01. The molecule has 0 aliphatic carbocycles. The van der Waals surface area contributed by atoms with Crippen molar-refractivity contribution >= 4 is 15.8 Å². The first-order valence-corrected chi connectivity index (χ1v) is 9.03. The third kappa shape index (κ3) is 6.31. The van der Waals surface area contributed by atoms with Crippen molar-refractivity contribution in [2.24, 2.45) is 5.92 Å². The highest BCUT2D eigenvalue weighted by Gasteiger charge is 2.31. The Morgan fingerprint density at radius 1 is 1.25 bits per heavy atom. The van der Waals surface area contributed by atoms with Crippen LogP contribution in [0.25, 0.3) is 0 Å². The van der Waals surface area contributed by atoms with E-state index in [2.05, 4.69) is 6.58 Å². The highest BCUT2D eigenvalue weighted by atomic mass is 32.2. The van der Waals surface area contributed by atoms with E-state index in [9.17, 15) is 17.6 Å². The smallest absolute Gasteiger partial charge is 0.310 e. The van der Waals surface area contributed by atoms with Crippen LogP contribution in [0.1, 0.15) is 27.2 Å². The number of rotatable bonds is 7. The van der Waals surface area contributed by atoms with Gasteiger partial charge < -0.3 is 9.47 Å². The minimum Gasteiger partial charge on any atom is -0.497 e. The van der Waals surface area contributed by atoms with Crippen LogP contribution in [0.5, 0.6) is 5.75 Å². The third-order valence-corrected chi connectivity index (χ3v) is 4.88. The average Bonchev–Trinajstić information content (AvgIpc) is 2.44. The van der Waals surface area contributed by atoms with Crippen molar-refractivity contribution in [2.45, 2.75) is 37.7 Å². The van der Waals surface area contributed by atoms with Crippen LogP contribution in [0.2, 0.25) is 0 Å². The number of hydrogen-bond acceptors (Lipinski definition) is 5. The molecule has 0 heterocycles. The van der Waals surface area contributed by atoms with Crippen molar-refractivity contribution in [1.29, 1.82) is 0 Å². The van der Waals surface area contributed by atoms with E-state index in [4.69, 9.17) is 9.47 Å². The van der Waals surface area contributed by atoms with Gasteiger partial charge in [0.1, 0.15) is 11.4 Å². The maximum absolute atomic E-state index is 13.2. The highest BCUT2D eigenvalue weighted by Crippen LogP contribution is 2.23. The van der Waals surface area contributed by atoms with Gasteiger partial charge >= 0.3 is 5.97 Å². The van der Waals surface area contributed by atoms with Crippen molar-refractivity contribution in [1.82, 2.24) is 0 Å². The van der Waals surface area contributed by atoms with Gasteiger partial charge in [-0.3, -0.25) is 4.79 Å². The van der Waals surface area contributed by atoms with Crippen molar-refractivity contribution in [3.8, 4) is 5.75 Å². The molecule has 0 aliphatic rings. The monoisotopic (exact) mass is 358 g/mol.